The van der Waals surface area contributed by atoms with Crippen LogP contribution in [0.3, 0.4) is 0 Å². The van der Waals surface area contributed by atoms with Crippen molar-refractivity contribution < 1.29 is 14.3 Å². The van der Waals surface area contributed by atoms with Gasteiger partial charge in [0.05, 0.1) is 11.6 Å². The Hall–Kier alpha value is -3.16. The molecule has 4 rings (SSSR count). The number of carbonyl (C=O) groups excluding carboxylic acids is 2. The fraction of sp³-hybridized carbons (Fsp3) is 0.478. The SMILES string of the molecule is CCc1cnc(N2CCN(C(=O)c3cnc(N4C(=O)OCC4C)c(C)c3)CC2)c(C)c1. The first-order chi connectivity index (χ1) is 14.9. The molecule has 2 aliphatic rings. The van der Waals surface area contributed by atoms with Gasteiger partial charge in [-0.25, -0.2) is 14.8 Å². The lowest BCUT2D eigenvalue weighted by atomic mass is 10.1. The molecule has 2 amide bonds. The highest BCUT2D eigenvalue weighted by Crippen LogP contribution is 2.26. The van der Waals surface area contributed by atoms with Gasteiger partial charge in [0.1, 0.15) is 18.2 Å². The highest BCUT2D eigenvalue weighted by molar-refractivity contribution is 5.95. The van der Waals surface area contributed by atoms with E-state index in [4.69, 9.17) is 4.74 Å². The van der Waals surface area contributed by atoms with Crippen LogP contribution in [0.4, 0.5) is 16.4 Å². The molecular formula is C23H29N5O3. The summed E-state index contributed by atoms with van der Waals surface area (Å²) in [6.45, 7) is 11.1. The predicted octanol–water partition coefficient (Wildman–Crippen LogP) is 2.96. The van der Waals surface area contributed by atoms with Crippen LogP contribution in [0.5, 0.6) is 0 Å². The van der Waals surface area contributed by atoms with Gasteiger partial charge in [-0.15, -0.1) is 0 Å². The van der Waals surface area contributed by atoms with Crippen molar-refractivity contribution in [1.29, 1.82) is 0 Å². The number of nitrogens with zero attached hydrogens (tertiary/aromatic N) is 5. The van der Waals surface area contributed by atoms with Crippen LogP contribution in [0.1, 0.15) is 40.9 Å². The van der Waals surface area contributed by atoms with Crippen molar-refractivity contribution in [1.82, 2.24) is 14.9 Å². The Balaban J connectivity index is 1.43. The largest absolute Gasteiger partial charge is 0.447 e. The molecule has 0 N–H and O–H groups in total. The monoisotopic (exact) mass is 423 g/mol. The van der Waals surface area contributed by atoms with Crippen molar-refractivity contribution in [2.75, 3.05) is 42.6 Å². The van der Waals surface area contributed by atoms with E-state index in [1.807, 2.05) is 31.0 Å². The molecule has 8 heteroatoms. The number of rotatable bonds is 4. The van der Waals surface area contributed by atoms with Crippen molar-refractivity contribution in [3.05, 3.63) is 46.8 Å². The van der Waals surface area contributed by atoms with Gasteiger partial charge in [0.15, 0.2) is 0 Å². The molecule has 0 bridgehead atoms. The summed E-state index contributed by atoms with van der Waals surface area (Å²) in [7, 11) is 0. The van der Waals surface area contributed by atoms with E-state index in [1.54, 1.807) is 11.1 Å². The highest BCUT2D eigenvalue weighted by atomic mass is 16.6. The minimum absolute atomic E-state index is 0.0372. The number of anilines is 2. The Labute approximate surface area is 182 Å². The number of hydrogen-bond acceptors (Lipinski definition) is 6. The normalized spacial score (nSPS) is 19.0. The van der Waals surface area contributed by atoms with Crippen molar-refractivity contribution >= 4 is 23.6 Å². The molecular weight excluding hydrogens is 394 g/mol. The summed E-state index contributed by atoms with van der Waals surface area (Å²) in [5, 5.41) is 0. The molecule has 0 aliphatic carbocycles. The zero-order chi connectivity index (χ0) is 22.1. The first kappa shape index (κ1) is 21.1. The van der Waals surface area contributed by atoms with E-state index in [2.05, 4.69) is 34.8 Å². The molecule has 2 fully saturated rings. The molecule has 1 atom stereocenters. The van der Waals surface area contributed by atoms with Gasteiger partial charge >= 0.3 is 6.09 Å². The van der Waals surface area contributed by atoms with Crippen molar-refractivity contribution in [3.8, 4) is 0 Å². The number of aromatic nitrogens is 2. The van der Waals surface area contributed by atoms with Crippen LogP contribution in [-0.4, -0.2) is 65.7 Å². The lowest BCUT2D eigenvalue weighted by molar-refractivity contribution is 0.0746. The quantitative estimate of drug-likeness (QED) is 0.752. The molecule has 0 radical (unpaired) electrons. The minimum Gasteiger partial charge on any atom is -0.447 e. The van der Waals surface area contributed by atoms with Crippen LogP contribution in [0, 0.1) is 13.8 Å². The smallest absolute Gasteiger partial charge is 0.415 e. The second kappa shape index (κ2) is 8.53. The second-order valence-corrected chi connectivity index (χ2v) is 8.28. The molecule has 4 heterocycles. The summed E-state index contributed by atoms with van der Waals surface area (Å²) >= 11 is 0. The third-order valence-corrected chi connectivity index (χ3v) is 5.99. The summed E-state index contributed by atoms with van der Waals surface area (Å²) in [5.41, 5.74) is 3.73. The van der Waals surface area contributed by atoms with E-state index in [9.17, 15) is 9.59 Å². The first-order valence-corrected chi connectivity index (χ1v) is 10.8. The standard InChI is InChI=1S/C23H29N5O3/c1-5-18-10-15(2)20(24-12-18)26-6-8-27(9-7-26)22(29)19-11-16(3)21(25-13-19)28-17(4)14-31-23(28)30/h10-13,17H,5-9,14H2,1-4H3. The molecule has 164 valence electrons. The maximum Gasteiger partial charge on any atom is 0.415 e. The predicted molar refractivity (Wildman–Crippen MR) is 119 cm³/mol. The number of aryl methyl sites for hydroxylation is 3. The Bertz CT molecular complexity index is 1000. The van der Waals surface area contributed by atoms with Crippen molar-refractivity contribution in [3.63, 3.8) is 0 Å². The number of carbonyl (C=O) groups is 2. The van der Waals surface area contributed by atoms with E-state index >= 15 is 0 Å². The Kier molecular flexibility index (Phi) is 5.80. The summed E-state index contributed by atoms with van der Waals surface area (Å²) in [4.78, 5) is 39.8. The van der Waals surface area contributed by atoms with Crippen molar-refractivity contribution in [2.24, 2.45) is 0 Å². The first-order valence-electron chi connectivity index (χ1n) is 10.8. The molecule has 2 aliphatic heterocycles. The fourth-order valence-corrected chi connectivity index (χ4v) is 4.20. The van der Waals surface area contributed by atoms with Crippen LogP contribution >= 0.6 is 0 Å². The van der Waals surface area contributed by atoms with Gasteiger partial charge in [0.25, 0.3) is 5.91 Å². The summed E-state index contributed by atoms with van der Waals surface area (Å²) in [5.74, 6) is 1.51. The summed E-state index contributed by atoms with van der Waals surface area (Å²) in [6, 6.07) is 3.93. The molecule has 0 aromatic carbocycles. The molecule has 2 aromatic rings. The molecule has 1 unspecified atom stereocenters. The lowest BCUT2D eigenvalue weighted by Gasteiger charge is -2.36. The number of cyclic esters (lactones) is 1. The highest BCUT2D eigenvalue weighted by Gasteiger charge is 2.33. The fourth-order valence-electron chi connectivity index (χ4n) is 4.20. The Morgan fingerprint density at radius 2 is 1.74 bits per heavy atom. The minimum atomic E-state index is -0.394. The number of pyridine rings is 2. The zero-order valence-electron chi connectivity index (χ0n) is 18.6. The second-order valence-electron chi connectivity index (χ2n) is 8.28. The van der Waals surface area contributed by atoms with E-state index in [-0.39, 0.29) is 11.9 Å². The number of amides is 2. The van der Waals surface area contributed by atoms with Gasteiger partial charge in [0.2, 0.25) is 0 Å². The average Bonchev–Trinajstić information content (AvgIpc) is 3.11. The average molecular weight is 424 g/mol. The Morgan fingerprint density at radius 1 is 1.06 bits per heavy atom. The van der Waals surface area contributed by atoms with E-state index in [1.165, 1.54) is 11.1 Å². The maximum atomic E-state index is 13.1. The van der Waals surface area contributed by atoms with Gasteiger partial charge in [-0.1, -0.05) is 13.0 Å². The third kappa shape index (κ3) is 4.06. The molecule has 8 nitrogen and oxygen atoms in total. The van der Waals surface area contributed by atoms with Crippen LogP contribution in [0.2, 0.25) is 0 Å². The van der Waals surface area contributed by atoms with Gasteiger partial charge in [-0.3, -0.25) is 9.69 Å². The van der Waals surface area contributed by atoms with Crippen LogP contribution in [-0.2, 0) is 11.2 Å². The van der Waals surface area contributed by atoms with Crippen LogP contribution in [0.25, 0.3) is 0 Å². The molecule has 2 aromatic heterocycles. The van der Waals surface area contributed by atoms with Crippen LogP contribution in [0.15, 0.2) is 24.5 Å². The van der Waals surface area contributed by atoms with Gasteiger partial charge < -0.3 is 14.5 Å². The number of piperazine rings is 1. The van der Waals surface area contributed by atoms with E-state index < -0.39 is 6.09 Å². The lowest BCUT2D eigenvalue weighted by Crippen LogP contribution is -2.49. The third-order valence-electron chi connectivity index (χ3n) is 5.99. The summed E-state index contributed by atoms with van der Waals surface area (Å²) in [6.07, 6.45) is 4.08. The topological polar surface area (TPSA) is 78.9 Å². The van der Waals surface area contributed by atoms with E-state index in [0.29, 0.717) is 31.1 Å². The van der Waals surface area contributed by atoms with Gasteiger partial charge in [-0.05, 0) is 49.9 Å². The molecule has 0 spiro atoms. The number of hydrogen-bond donors (Lipinski definition) is 0. The van der Waals surface area contributed by atoms with Crippen molar-refractivity contribution in [2.45, 2.75) is 40.2 Å². The number of ether oxygens (including phenoxy) is 1. The molecule has 31 heavy (non-hydrogen) atoms. The molecule has 0 saturated carbocycles. The van der Waals surface area contributed by atoms with Crippen LogP contribution < -0.4 is 9.80 Å². The summed E-state index contributed by atoms with van der Waals surface area (Å²) < 4.78 is 5.09. The zero-order valence-corrected chi connectivity index (χ0v) is 18.6. The maximum absolute atomic E-state index is 13.1. The molecule has 2 saturated heterocycles. The van der Waals surface area contributed by atoms with Gasteiger partial charge in [-0.2, -0.15) is 0 Å². The van der Waals surface area contributed by atoms with Gasteiger partial charge in [0, 0.05) is 38.6 Å². The van der Waals surface area contributed by atoms with E-state index in [0.717, 1.165) is 30.9 Å². The Morgan fingerprint density at radius 3 is 2.32 bits per heavy atom.